The van der Waals surface area contributed by atoms with Crippen LogP contribution in [0, 0.1) is 0 Å². The summed E-state index contributed by atoms with van der Waals surface area (Å²) in [5.74, 6) is 0.809. The lowest BCUT2D eigenvalue weighted by molar-refractivity contribution is 0.355. The Morgan fingerprint density at radius 3 is 2.94 bits per heavy atom. The largest absolute Gasteiger partial charge is 0.591 e. The van der Waals surface area contributed by atoms with Crippen LogP contribution in [0.4, 0.5) is 0 Å². The summed E-state index contributed by atoms with van der Waals surface area (Å²) in [6.07, 6.45) is 2.36. The van der Waals surface area contributed by atoms with Crippen molar-refractivity contribution >= 4 is 33.5 Å². The molecule has 0 aromatic carbocycles. The van der Waals surface area contributed by atoms with Gasteiger partial charge in [-0.05, 0) is 42.8 Å². The number of ether oxygens (including phenoxy) is 1. The van der Waals surface area contributed by atoms with Gasteiger partial charge in [-0.2, -0.15) is 0 Å². The van der Waals surface area contributed by atoms with Gasteiger partial charge < -0.3 is 9.29 Å². The molecule has 1 atom stereocenters. The molecule has 0 N–H and O–H groups in total. The van der Waals surface area contributed by atoms with Gasteiger partial charge in [0.25, 0.3) is 0 Å². The monoisotopic (exact) mass is 330 g/mol. The minimum Gasteiger partial charge on any atom is -0.591 e. The van der Waals surface area contributed by atoms with Crippen molar-refractivity contribution < 1.29 is 9.29 Å². The maximum absolute atomic E-state index is 11.8. The van der Waals surface area contributed by atoms with Crippen molar-refractivity contribution in [3.05, 3.63) is 21.9 Å². The third-order valence-corrected chi connectivity index (χ3v) is 4.34. The Balaban J connectivity index is 2.21. The lowest BCUT2D eigenvalue weighted by Gasteiger charge is -2.17. The highest BCUT2D eigenvalue weighted by molar-refractivity contribution is 9.10. The minimum atomic E-state index is -1.26. The molecule has 6 heteroatoms. The summed E-state index contributed by atoms with van der Waals surface area (Å²) < 4.78 is 21.8. The summed E-state index contributed by atoms with van der Waals surface area (Å²) >= 11 is 2.18. The molecular weight excluding hydrogens is 316 g/mol. The number of rotatable bonds is 2. The number of hydrogen-bond donors (Lipinski definition) is 0. The molecule has 0 fully saturated rings. The quantitative estimate of drug-likeness (QED) is 0.618. The van der Waals surface area contributed by atoms with Gasteiger partial charge in [0.05, 0.1) is 22.5 Å². The fourth-order valence-corrected chi connectivity index (χ4v) is 2.57. The van der Waals surface area contributed by atoms with E-state index in [4.69, 9.17) is 4.74 Å². The average molecular weight is 331 g/mol. The molecule has 0 bridgehead atoms. The molecule has 1 unspecified atom stereocenters. The van der Waals surface area contributed by atoms with E-state index >= 15 is 0 Å². The number of halogens is 1. The van der Waals surface area contributed by atoms with E-state index in [0.717, 1.165) is 22.3 Å². The lowest BCUT2D eigenvalue weighted by Crippen LogP contribution is -2.25. The van der Waals surface area contributed by atoms with Crippen molar-refractivity contribution in [1.82, 2.24) is 4.98 Å². The Bertz CT molecular complexity index is 486. The molecule has 0 saturated carbocycles. The maximum atomic E-state index is 11.8. The molecule has 1 aromatic rings. The first-order chi connectivity index (χ1) is 8.38. The van der Waals surface area contributed by atoms with Gasteiger partial charge in [0.2, 0.25) is 0 Å². The van der Waals surface area contributed by atoms with Gasteiger partial charge in [-0.1, -0.05) is 4.40 Å². The van der Waals surface area contributed by atoms with E-state index in [-0.39, 0.29) is 4.75 Å². The maximum Gasteiger partial charge on any atom is 0.155 e. The van der Waals surface area contributed by atoms with E-state index in [2.05, 4.69) is 25.3 Å². The van der Waals surface area contributed by atoms with E-state index in [1.165, 1.54) is 0 Å². The fraction of sp³-hybridized carbons (Fsp3) is 0.500. The molecule has 0 spiro atoms. The van der Waals surface area contributed by atoms with Crippen LogP contribution in [-0.2, 0) is 17.8 Å². The smallest absolute Gasteiger partial charge is 0.155 e. The van der Waals surface area contributed by atoms with E-state index in [0.29, 0.717) is 12.3 Å². The summed E-state index contributed by atoms with van der Waals surface area (Å²) in [5.41, 5.74) is 1.62. The Kier molecular flexibility index (Phi) is 3.99. The highest BCUT2D eigenvalue weighted by atomic mass is 79.9. The van der Waals surface area contributed by atoms with Crippen LogP contribution in [0.2, 0.25) is 0 Å². The van der Waals surface area contributed by atoms with Gasteiger partial charge in [0.1, 0.15) is 22.3 Å². The van der Waals surface area contributed by atoms with Crippen LogP contribution in [0.1, 0.15) is 32.2 Å². The van der Waals surface area contributed by atoms with Crippen LogP contribution in [0.5, 0.6) is 5.75 Å². The summed E-state index contributed by atoms with van der Waals surface area (Å²) in [7, 11) is 0. The Labute approximate surface area is 118 Å². The zero-order chi connectivity index (χ0) is 13.3. The number of pyridine rings is 1. The van der Waals surface area contributed by atoms with Crippen LogP contribution < -0.4 is 4.74 Å². The topological polar surface area (TPSA) is 57.5 Å². The van der Waals surface area contributed by atoms with Gasteiger partial charge >= 0.3 is 0 Å². The van der Waals surface area contributed by atoms with Gasteiger partial charge in [-0.3, -0.25) is 0 Å². The van der Waals surface area contributed by atoms with Gasteiger partial charge in [0, 0.05) is 6.42 Å². The van der Waals surface area contributed by atoms with E-state index in [1.807, 2.05) is 26.8 Å². The predicted octanol–water partition coefficient (Wildman–Crippen LogP) is 2.66. The summed E-state index contributed by atoms with van der Waals surface area (Å²) in [6.45, 7) is 6.33. The number of fused-ring (bicyclic) bond motifs is 1. The third kappa shape index (κ3) is 3.05. The summed E-state index contributed by atoms with van der Waals surface area (Å²) in [5, 5.41) is 0. The lowest BCUT2D eigenvalue weighted by atomic mass is 10.2. The van der Waals surface area contributed by atoms with Crippen molar-refractivity contribution in [2.75, 3.05) is 6.61 Å². The number of nitrogens with zero attached hydrogens (tertiary/aromatic N) is 2. The van der Waals surface area contributed by atoms with Crippen LogP contribution in [0.3, 0.4) is 0 Å². The molecule has 0 saturated heterocycles. The summed E-state index contributed by atoms with van der Waals surface area (Å²) in [4.78, 5) is 4.43. The third-order valence-electron chi connectivity index (χ3n) is 2.41. The molecular formula is C12H15BrN2O2S. The average Bonchev–Trinajstić information content (AvgIpc) is 2.73. The molecule has 1 aromatic heterocycles. The fourth-order valence-electron chi connectivity index (χ4n) is 1.47. The molecule has 98 valence electrons. The van der Waals surface area contributed by atoms with Crippen molar-refractivity contribution in [2.24, 2.45) is 4.40 Å². The number of hydrogen-bond acceptors (Lipinski definition) is 4. The first kappa shape index (κ1) is 13.8. The zero-order valence-electron chi connectivity index (χ0n) is 10.6. The second-order valence-corrected chi connectivity index (χ2v) is 7.79. The molecule has 18 heavy (non-hydrogen) atoms. The first-order valence-corrected chi connectivity index (χ1v) is 7.56. The minimum absolute atomic E-state index is 0.354. The zero-order valence-corrected chi connectivity index (χ0v) is 13.0. The normalized spacial score (nSPS) is 16.7. The van der Waals surface area contributed by atoms with Crippen LogP contribution >= 0.6 is 15.9 Å². The van der Waals surface area contributed by atoms with Crippen LogP contribution in [-0.4, -0.2) is 27.1 Å². The van der Waals surface area contributed by atoms with Crippen molar-refractivity contribution in [3.8, 4) is 5.75 Å². The van der Waals surface area contributed by atoms with Crippen molar-refractivity contribution in [2.45, 2.75) is 31.9 Å². The SMILES string of the molecule is CC(C)(C)[S+]([O-])N=Cc1cc(Br)c2c(n1)CCO2. The molecule has 2 heterocycles. The van der Waals surface area contributed by atoms with Crippen LogP contribution in [0.15, 0.2) is 14.9 Å². The Morgan fingerprint density at radius 2 is 2.28 bits per heavy atom. The molecule has 0 amide bonds. The molecule has 0 aliphatic carbocycles. The molecule has 1 aliphatic heterocycles. The molecule has 4 nitrogen and oxygen atoms in total. The number of aromatic nitrogens is 1. The standard InChI is InChI=1S/C12H15BrN2O2S/c1-12(2,3)18(16)14-7-8-6-9(13)11-10(15-8)4-5-17-11/h6-7H,4-5H2,1-3H3. The van der Waals surface area contributed by atoms with Crippen LogP contribution in [0.25, 0.3) is 0 Å². The van der Waals surface area contributed by atoms with E-state index in [9.17, 15) is 4.55 Å². The Hall–Kier alpha value is -0.590. The van der Waals surface area contributed by atoms with Crippen molar-refractivity contribution in [3.63, 3.8) is 0 Å². The molecule has 0 radical (unpaired) electrons. The van der Waals surface area contributed by atoms with E-state index < -0.39 is 11.4 Å². The van der Waals surface area contributed by atoms with Crippen molar-refractivity contribution in [1.29, 1.82) is 0 Å². The highest BCUT2D eigenvalue weighted by Crippen LogP contribution is 2.32. The first-order valence-electron chi connectivity index (χ1n) is 5.66. The summed E-state index contributed by atoms with van der Waals surface area (Å²) in [6, 6.07) is 1.83. The molecule has 2 rings (SSSR count). The second kappa shape index (κ2) is 5.19. The van der Waals surface area contributed by atoms with E-state index in [1.54, 1.807) is 6.21 Å². The van der Waals surface area contributed by atoms with Gasteiger partial charge in [0.15, 0.2) is 5.75 Å². The highest BCUT2D eigenvalue weighted by Gasteiger charge is 2.26. The molecule has 1 aliphatic rings. The van der Waals surface area contributed by atoms with Gasteiger partial charge in [-0.15, -0.1) is 0 Å². The predicted molar refractivity (Wildman–Crippen MR) is 76.6 cm³/mol. The van der Waals surface area contributed by atoms with Gasteiger partial charge in [-0.25, -0.2) is 4.98 Å². The Morgan fingerprint density at radius 1 is 1.56 bits per heavy atom. The second-order valence-electron chi connectivity index (χ2n) is 5.00.